The fourth-order valence-corrected chi connectivity index (χ4v) is 3.90. The summed E-state index contributed by atoms with van der Waals surface area (Å²) >= 11 is 6.39. The zero-order valence-corrected chi connectivity index (χ0v) is 18.3. The fraction of sp³-hybridized carbons (Fsp3) is 0.240. The zero-order chi connectivity index (χ0) is 21.6. The molecule has 1 aliphatic rings. The van der Waals surface area contributed by atoms with E-state index in [1.807, 2.05) is 66.7 Å². The first-order valence-corrected chi connectivity index (χ1v) is 10.8. The van der Waals surface area contributed by atoms with E-state index in [2.05, 4.69) is 22.2 Å². The highest BCUT2D eigenvalue weighted by Crippen LogP contribution is 2.31. The Bertz CT molecular complexity index is 1030. The third kappa shape index (κ3) is 5.37. The lowest BCUT2D eigenvalue weighted by molar-refractivity contribution is -0.118. The van der Waals surface area contributed by atoms with Gasteiger partial charge in [0.05, 0.1) is 16.4 Å². The Morgan fingerprint density at radius 1 is 0.935 bits per heavy atom. The molecule has 1 heterocycles. The van der Waals surface area contributed by atoms with Crippen molar-refractivity contribution in [2.24, 2.45) is 0 Å². The van der Waals surface area contributed by atoms with E-state index >= 15 is 0 Å². The van der Waals surface area contributed by atoms with E-state index in [1.165, 1.54) is 0 Å². The number of amides is 1. The first kappa shape index (κ1) is 21.2. The van der Waals surface area contributed by atoms with E-state index in [4.69, 9.17) is 16.3 Å². The van der Waals surface area contributed by atoms with Gasteiger partial charge in [-0.1, -0.05) is 60.1 Å². The molecule has 1 saturated heterocycles. The van der Waals surface area contributed by atoms with E-state index in [-0.39, 0.29) is 12.5 Å². The van der Waals surface area contributed by atoms with Crippen molar-refractivity contribution < 1.29 is 9.53 Å². The molecule has 5 nitrogen and oxygen atoms in total. The topological polar surface area (TPSA) is 44.8 Å². The number of halogens is 1. The second-order valence-electron chi connectivity index (χ2n) is 7.66. The second-order valence-corrected chi connectivity index (χ2v) is 8.06. The Morgan fingerprint density at radius 2 is 1.65 bits per heavy atom. The molecule has 6 heteroatoms. The largest absolute Gasteiger partial charge is 0.482 e. The molecular formula is C25H26ClN3O2. The molecule has 0 saturated carbocycles. The van der Waals surface area contributed by atoms with Crippen LogP contribution in [-0.4, -0.2) is 50.6 Å². The summed E-state index contributed by atoms with van der Waals surface area (Å²) in [6.07, 6.45) is 0. The molecule has 0 bridgehead atoms. The van der Waals surface area contributed by atoms with Gasteiger partial charge in [0.2, 0.25) is 0 Å². The average Bonchev–Trinajstić information content (AvgIpc) is 2.80. The van der Waals surface area contributed by atoms with Crippen molar-refractivity contribution in [2.45, 2.75) is 0 Å². The summed E-state index contributed by atoms with van der Waals surface area (Å²) in [7, 11) is 2.12. The zero-order valence-electron chi connectivity index (χ0n) is 17.6. The third-order valence-electron chi connectivity index (χ3n) is 5.42. The molecule has 31 heavy (non-hydrogen) atoms. The molecule has 0 unspecified atom stereocenters. The van der Waals surface area contributed by atoms with Gasteiger partial charge in [0.1, 0.15) is 5.75 Å². The summed E-state index contributed by atoms with van der Waals surface area (Å²) in [6.45, 7) is 3.76. The van der Waals surface area contributed by atoms with Crippen molar-refractivity contribution in [3.05, 3.63) is 77.8 Å². The number of rotatable bonds is 6. The summed E-state index contributed by atoms with van der Waals surface area (Å²) in [6, 6.07) is 23.5. The van der Waals surface area contributed by atoms with Crippen LogP contribution in [0.2, 0.25) is 5.02 Å². The van der Waals surface area contributed by atoms with Crippen LogP contribution in [0.1, 0.15) is 0 Å². The fourth-order valence-electron chi connectivity index (χ4n) is 3.66. The monoisotopic (exact) mass is 435 g/mol. The van der Waals surface area contributed by atoms with Crippen molar-refractivity contribution in [3.8, 4) is 16.9 Å². The lowest BCUT2D eigenvalue weighted by Gasteiger charge is -2.35. The molecule has 0 aliphatic carbocycles. The molecule has 3 aromatic rings. The van der Waals surface area contributed by atoms with Crippen LogP contribution in [0.15, 0.2) is 72.8 Å². The van der Waals surface area contributed by atoms with Crippen LogP contribution in [0.4, 0.5) is 11.4 Å². The Hall–Kier alpha value is -3.02. The normalized spacial score (nSPS) is 14.3. The van der Waals surface area contributed by atoms with Gasteiger partial charge in [-0.25, -0.2) is 0 Å². The van der Waals surface area contributed by atoms with Gasteiger partial charge < -0.3 is 19.9 Å². The lowest BCUT2D eigenvalue weighted by atomic mass is 10.1. The molecule has 0 spiro atoms. The standard InChI is InChI=1S/C25H26ClN3O2/c1-28-13-15-29(16-14-28)23-10-6-5-9-22(23)27-25(30)18-31-24-12-11-20(17-21(24)26)19-7-3-2-4-8-19/h2-12,17H,13-16,18H2,1H3,(H,27,30). The van der Waals surface area contributed by atoms with Crippen molar-refractivity contribution in [1.82, 2.24) is 4.90 Å². The predicted octanol–water partition coefficient (Wildman–Crippen LogP) is 4.78. The van der Waals surface area contributed by atoms with Gasteiger partial charge >= 0.3 is 0 Å². The summed E-state index contributed by atoms with van der Waals surface area (Å²) in [5.74, 6) is 0.272. The number of nitrogens with zero attached hydrogens (tertiary/aromatic N) is 2. The maximum atomic E-state index is 12.6. The number of hydrogen-bond acceptors (Lipinski definition) is 4. The van der Waals surface area contributed by atoms with Crippen LogP contribution in [0.25, 0.3) is 11.1 Å². The number of piperazine rings is 1. The maximum Gasteiger partial charge on any atom is 0.262 e. The smallest absolute Gasteiger partial charge is 0.262 e. The van der Waals surface area contributed by atoms with Gasteiger partial charge in [-0.2, -0.15) is 0 Å². The van der Waals surface area contributed by atoms with Gasteiger partial charge in [0.15, 0.2) is 6.61 Å². The Kier molecular flexibility index (Phi) is 6.75. The number of likely N-dealkylation sites (N-methyl/N-ethyl adjacent to an activating group) is 1. The van der Waals surface area contributed by atoms with Crippen LogP contribution in [0, 0.1) is 0 Å². The van der Waals surface area contributed by atoms with Crippen molar-refractivity contribution >= 4 is 28.9 Å². The number of benzene rings is 3. The van der Waals surface area contributed by atoms with Crippen LogP contribution in [0.3, 0.4) is 0 Å². The van der Waals surface area contributed by atoms with Crippen molar-refractivity contribution in [2.75, 3.05) is 50.1 Å². The highest BCUT2D eigenvalue weighted by Gasteiger charge is 2.18. The van der Waals surface area contributed by atoms with Crippen LogP contribution in [0.5, 0.6) is 5.75 Å². The predicted molar refractivity (Wildman–Crippen MR) is 127 cm³/mol. The average molecular weight is 436 g/mol. The molecule has 3 aromatic carbocycles. The SMILES string of the molecule is CN1CCN(c2ccccc2NC(=O)COc2ccc(-c3ccccc3)cc2Cl)CC1. The van der Waals surface area contributed by atoms with Crippen LogP contribution in [-0.2, 0) is 4.79 Å². The molecule has 1 fully saturated rings. The maximum absolute atomic E-state index is 12.6. The first-order chi connectivity index (χ1) is 15.1. The summed E-state index contributed by atoms with van der Waals surface area (Å²) in [4.78, 5) is 17.2. The van der Waals surface area contributed by atoms with E-state index in [0.29, 0.717) is 10.8 Å². The highest BCUT2D eigenvalue weighted by molar-refractivity contribution is 6.32. The molecule has 0 atom stereocenters. The van der Waals surface area contributed by atoms with Gasteiger partial charge in [-0.15, -0.1) is 0 Å². The van der Waals surface area contributed by atoms with E-state index in [1.54, 1.807) is 6.07 Å². The van der Waals surface area contributed by atoms with Gasteiger partial charge in [-0.3, -0.25) is 4.79 Å². The van der Waals surface area contributed by atoms with Gasteiger partial charge in [0, 0.05) is 26.2 Å². The van der Waals surface area contributed by atoms with Gasteiger partial charge in [-0.05, 0) is 42.4 Å². The highest BCUT2D eigenvalue weighted by atomic mass is 35.5. The Labute approximate surface area is 188 Å². The molecule has 1 amide bonds. The van der Waals surface area contributed by atoms with Crippen molar-refractivity contribution in [1.29, 1.82) is 0 Å². The molecule has 0 aromatic heterocycles. The molecule has 1 N–H and O–H groups in total. The minimum Gasteiger partial charge on any atom is -0.482 e. The summed E-state index contributed by atoms with van der Waals surface area (Å²) < 4.78 is 5.70. The number of nitrogens with one attached hydrogen (secondary N) is 1. The molecule has 0 radical (unpaired) electrons. The lowest BCUT2D eigenvalue weighted by Crippen LogP contribution is -2.44. The van der Waals surface area contributed by atoms with Crippen molar-refractivity contribution in [3.63, 3.8) is 0 Å². The number of carbonyl (C=O) groups is 1. The minimum absolute atomic E-state index is 0.110. The molecule has 1 aliphatic heterocycles. The quantitative estimate of drug-likeness (QED) is 0.605. The molecule has 4 rings (SSSR count). The van der Waals surface area contributed by atoms with Crippen LogP contribution < -0.4 is 15.0 Å². The van der Waals surface area contributed by atoms with E-state index in [0.717, 1.165) is 48.7 Å². The number of ether oxygens (including phenoxy) is 1. The number of carbonyl (C=O) groups excluding carboxylic acids is 1. The number of anilines is 2. The molecule has 160 valence electrons. The number of para-hydroxylation sites is 2. The van der Waals surface area contributed by atoms with E-state index in [9.17, 15) is 4.79 Å². The Balaban J connectivity index is 1.38. The third-order valence-corrected chi connectivity index (χ3v) is 5.72. The van der Waals surface area contributed by atoms with Gasteiger partial charge in [0.25, 0.3) is 5.91 Å². The van der Waals surface area contributed by atoms with E-state index < -0.39 is 0 Å². The molecular weight excluding hydrogens is 410 g/mol. The summed E-state index contributed by atoms with van der Waals surface area (Å²) in [5.41, 5.74) is 3.91. The number of hydrogen-bond donors (Lipinski definition) is 1. The minimum atomic E-state index is -0.218. The Morgan fingerprint density at radius 3 is 2.39 bits per heavy atom. The second kappa shape index (κ2) is 9.86. The van der Waals surface area contributed by atoms with Crippen LogP contribution >= 0.6 is 11.6 Å². The summed E-state index contributed by atoms with van der Waals surface area (Å²) in [5, 5.41) is 3.46. The first-order valence-electron chi connectivity index (χ1n) is 10.4.